The summed E-state index contributed by atoms with van der Waals surface area (Å²) in [6, 6.07) is 7.42. The number of methoxy groups -OCH3 is 1. The summed E-state index contributed by atoms with van der Waals surface area (Å²) in [7, 11) is 1.60. The van der Waals surface area contributed by atoms with Gasteiger partial charge in [-0.2, -0.15) is 0 Å². The van der Waals surface area contributed by atoms with Gasteiger partial charge in [-0.15, -0.1) is 0 Å². The van der Waals surface area contributed by atoms with Gasteiger partial charge in [0.1, 0.15) is 5.75 Å². The lowest BCUT2D eigenvalue weighted by atomic mass is 10.1. The van der Waals surface area contributed by atoms with Gasteiger partial charge >= 0.3 is 11.9 Å². The second kappa shape index (κ2) is 9.08. The minimum Gasteiger partial charge on any atom is -0.497 e. The molecule has 0 aliphatic heterocycles. The molecule has 0 amide bonds. The number of benzene rings is 1. The monoisotopic (exact) mass is 359 g/mol. The van der Waals surface area contributed by atoms with Crippen LogP contribution in [0, 0.1) is 0 Å². The lowest BCUT2D eigenvalue weighted by molar-refractivity contribution is -0.142. The molecule has 140 valence electrons. The first-order chi connectivity index (χ1) is 12.5. The highest BCUT2D eigenvalue weighted by Crippen LogP contribution is 2.26. The van der Waals surface area contributed by atoms with Gasteiger partial charge in [-0.3, -0.25) is 4.79 Å². The smallest absolute Gasteiger partial charge is 0.339 e. The van der Waals surface area contributed by atoms with Crippen LogP contribution in [0.4, 0.5) is 0 Å². The number of aromatic nitrogens is 1. The Balaban J connectivity index is 2.55. The van der Waals surface area contributed by atoms with E-state index in [9.17, 15) is 9.59 Å². The highest BCUT2D eigenvalue weighted by molar-refractivity contribution is 5.92. The molecule has 0 saturated heterocycles. The second-order valence-electron chi connectivity index (χ2n) is 5.59. The summed E-state index contributed by atoms with van der Waals surface area (Å²) in [5, 5.41) is 0. The molecule has 1 aromatic heterocycles. The van der Waals surface area contributed by atoms with Crippen LogP contribution in [0.1, 0.15) is 42.4 Å². The Bertz CT molecular complexity index is 761. The van der Waals surface area contributed by atoms with Crippen molar-refractivity contribution in [2.45, 2.75) is 33.6 Å². The molecule has 0 N–H and O–H groups in total. The van der Waals surface area contributed by atoms with Crippen LogP contribution in [0.3, 0.4) is 0 Å². The summed E-state index contributed by atoms with van der Waals surface area (Å²) in [5.41, 5.74) is 2.84. The quantitative estimate of drug-likeness (QED) is 0.676. The minimum atomic E-state index is -0.387. The molecule has 0 unspecified atom stereocenters. The van der Waals surface area contributed by atoms with Crippen LogP contribution in [-0.2, 0) is 27.1 Å². The van der Waals surface area contributed by atoms with Crippen molar-refractivity contribution in [3.05, 3.63) is 47.3 Å². The molecule has 0 aliphatic carbocycles. The standard InChI is InChI=1S/C20H25NO5/c1-5-16-17(20(23)26-7-3)13-21(18(16)12-19(22)25-6-2)14-8-10-15(24-4)11-9-14/h8-11,13H,5-7,12H2,1-4H3. The zero-order valence-corrected chi connectivity index (χ0v) is 15.7. The summed E-state index contributed by atoms with van der Waals surface area (Å²) in [4.78, 5) is 24.5. The van der Waals surface area contributed by atoms with Crippen LogP contribution in [0.15, 0.2) is 30.5 Å². The van der Waals surface area contributed by atoms with E-state index in [2.05, 4.69) is 0 Å². The van der Waals surface area contributed by atoms with E-state index in [0.29, 0.717) is 25.2 Å². The third-order valence-corrected chi connectivity index (χ3v) is 4.04. The molecule has 0 saturated carbocycles. The van der Waals surface area contributed by atoms with Crippen molar-refractivity contribution < 1.29 is 23.8 Å². The van der Waals surface area contributed by atoms with Gasteiger partial charge in [0, 0.05) is 17.6 Å². The molecule has 1 aromatic carbocycles. The topological polar surface area (TPSA) is 66.8 Å². The normalized spacial score (nSPS) is 10.5. The third kappa shape index (κ3) is 4.25. The summed E-state index contributed by atoms with van der Waals surface area (Å²) in [5.74, 6) is 0.0152. The fourth-order valence-corrected chi connectivity index (χ4v) is 2.88. The Hall–Kier alpha value is -2.76. The Morgan fingerprint density at radius 2 is 1.65 bits per heavy atom. The number of nitrogens with zero attached hydrogens (tertiary/aromatic N) is 1. The van der Waals surface area contributed by atoms with Crippen molar-refractivity contribution in [3.63, 3.8) is 0 Å². The van der Waals surface area contributed by atoms with Crippen LogP contribution in [0.25, 0.3) is 5.69 Å². The lowest BCUT2D eigenvalue weighted by Crippen LogP contribution is -2.13. The van der Waals surface area contributed by atoms with E-state index < -0.39 is 0 Å². The predicted molar refractivity (Wildman–Crippen MR) is 98.0 cm³/mol. The van der Waals surface area contributed by atoms with Crippen molar-refractivity contribution in [2.75, 3.05) is 20.3 Å². The molecule has 2 aromatic rings. The highest BCUT2D eigenvalue weighted by Gasteiger charge is 2.23. The molecule has 1 heterocycles. The van der Waals surface area contributed by atoms with Crippen LogP contribution in [0.5, 0.6) is 5.75 Å². The molecule has 0 atom stereocenters. The van der Waals surface area contributed by atoms with Gasteiger partial charge in [-0.1, -0.05) is 6.92 Å². The molecule has 26 heavy (non-hydrogen) atoms. The number of hydrogen-bond acceptors (Lipinski definition) is 5. The molecule has 2 rings (SSSR count). The highest BCUT2D eigenvalue weighted by atomic mass is 16.5. The van der Waals surface area contributed by atoms with Gasteiger partial charge in [-0.05, 0) is 50.1 Å². The summed E-state index contributed by atoms with van der Waals surface area (Å²) in [6.07, 6.45) is 2.42. The molecular formula is C20H25NO5. The van der Waals surface area contributed by atoms with E-state index in [0.717, 1.165) is 22.7 Å². The van der Waals surface area contributed by atoms with E-state index in [1.165, 1.54) is 0 Å². The number of ether oxygens (including phenoxy) is 3. The first kappa shape index (κ1) is 19.6. The Morgan fingerprint density at radius 3 is 2.19 bits per heavy atom. The summed E-state index contributed by atoms with van der Waals surface area (Å²) < 4.78 is 17.3. The molecule has 6 nitrogen and oxygen atoms in total. The van der Waals surface area contributed by atoms with Crippen molar-refractivity contribution in [1.29, 1.82) is 0 Å². The third-order valence-electron chi connectivity index (χ3n) is 4.04. The molecule has 0 spiro atoms. The maximum Gasteiger partial charge on any atom is 0.339 e. The van der Waals surface area contributed by atoms with Crippen molar-refractivity contribution >= 4 is 11.9 Å². The number of hydrogen-bond donors (Lipinski definition) is 0. The Morgan fingerprint density at radius 1 is 1.00 bits per heavy atom. The first-order valence-electron chi connectivity index (χ1n) is 8.75. The number of carbonyl (C=O) groups is 2. The van der Waals surface area contributed by atoms with Crippen LogP contribution in [-0.4, -0.2) is 36.8 Å². The number of esters is 2. The molecular weight excluding hydrogens is 334 g/mol. The SMILES string of the molecule is CCOC(=O)Cc1c(CC)c(C(=O)OCC)cn1-c1ccc(OC)cc1. The maximum absolute atomic E-state index is 12.4. The first-order valence-corrected chi connectivity index (χ1v) is 8.75. The van der Waals surface area contributed by atoms with E-state index in [-0.39, 0.29) is 18.4 Å². The van der Waals surface area contributed by atoms with Crippen LogP contribution in [0.2, 0.25) is 0 Å². The molecule has 0 bridgehead atoms. The summed E-state index contributed by atoms with van der Waals surface area (Å²) >= 11 is 0. The maximum atomic E-state index is 12.4. The van der Waals surface area contributed by atoms with E-state index >= 15 is 0 Å². The fourth-order valence-electron chi connectivity index (χ4n) is 2.88. The zero-order chi connectivity index (χ0) is 19.1. The van der Waals surface area contributed by atoms with Gasteiger partial charge in [0.2, 0.25) is 0 Å². The number of carbonyl (C=O) groups excluding carboxylic acids is 2. The van der Waals surface area contributed by atoms with Gasteiger partial charge in [-0.25, -0.2) is 4.79 Å². The molecule has 6 heteroatoms. The van der Waals surface area contributed by atoms with Crippen molar-refractivity contribution in [3.8, 4) is 11.4 Å². The molecule has 0 fully saturated rings. The van der Waals surface area contributed by atoms with Gasteiger partial charge in [0.25, 0.3) is 0 Å². The number of rotatable bonds is 8. The van der Waals surface area contributed by atoms with E-state index in [1.807, 2.05) is 35.8 Å². The van der Waals surface area contributed by atoms with Crippen molar-refractivity contribution in [2.24, 2.45) is 0 Å². The van der Waals surface area contributed by atoms with E-state index in [1.54, 1.807) is 27.2 Å². The van der Waals surface area contributed by atoms with Gasteiger partial charge in [0.15, 0.2) is 0 Å². The minimum absolute atomic E-state index is 0.0858. The average molecular weight is 359 g/mol. The fraction of sp³-hybridized carbons (Fsp3) is 0.400. The predicted octanol–water partition coefficient (Wildman–Crippen LogP) is 3.33. The van der Waals surface area contributed by atoms with Gasteiger partial charge < -0.3 is 18.8 Å². The Kier molecular flexibility index (Phi) is 6.83. The van der Waals surface area contributed by atoms with E-state index in [4.69, 9.17) is 14.2 Å². The van der Waals surface area contributed by atoms with Gasteiger partial charge in [0.05, 0.1) is 32.3 Å². The summed E-state index contributed by atoms with van der Waals surface area (Å²) in [6.45, 7) is 6.09. The lowest BCUT2D eigenvalue weighted by Gasteiger charge is -2.11. The van der Waals surface area contributed by atoms with Crippen molar-refractivity contribution in [1.82, 2.24) is 4.57 Å². The Labute approximate surface area is 153 Å². The van der Waals surface area contributed by atoms with Crippen LogP contribution < -0.4 is 4.74 Å². The largest absolute Gasteiger partial charge is 0.497 e. The molecule has 0 aliphatic rings. The van der Waals surface area contributed by atoms with Crippen LogP contribution >= 0.6 is 0 Å². The zero-order valence-electron chi connectivity index (χ0n) is 15.7. The second-order valence-corrected chi connectivity index (χ2v) is 5.59. The molecule has 0 radical (unpaired) electrons. The average Bonchev–Trinajstić information content (AvgIpc) is 3.00.